The van der Waals surface area contributed by atoms with Gasteiger partial charge in [-0.3, -0.25) is 14.3 Å². The second-order valence-electron chi connectivity index (χ2n) is 6.58. The molecule has 1 spiro atoms. The first-order valence-corrected chi connectivity index (χ1v) is 8.19. The van der Waals surface area contributed by atoms with E-state index in [1.54, 1.807) is 28.9 Å². The van der Waals surface area contributed by atoms with Gasteiger partial charge in [-0.1, -0.05) is 12.1 Å². The zero-order chi connectivity index (χ0) is 17.6. The normalized spacial score (nSPS) is 22.0. The number of aryl methyl sites for hydroxylation is 1. The van der Waals surface area contributed by atoms with Crippen molar-refractivity contribution in [3.05, 3.63) is 41.6 Å². The summed E-state index contributed by atoms with van der Waals surface area (Å²) in [5.74, 6) is 0.818. The number of benzene rings is 1. The minimum Gasteiger partial charge on any atom is -0.484 e. The summed E-state index contributed by atoms with van der Waals surface area (Å²) in [4.78, 5) is 27.0. The van der Waals surface area contributed by atoms with Crippen molar-refractivity contribution in [2.75, 3.05) is 20.2 Å². The van der Waals surface area contributed by atoms with Crippen LogP contribution in [0.15, 0.2) is 30.5 Å². The van der Waals surface area contributed by atoms with E-state index in [-0.39, 0.29) is 18.1 Å². The van der Waals surface area contributed by atoms with Gasteiger partial charge in [-0.05, 0) is 12.1 Å². The van der Waals surface area contributed by atoms with Gasteiger partial charge in [-0.2, -0.15) is 0 Å². The third-order valence-corrected chi connectivity index (χ3v) is 4.82. The molecule has 1 aromatic heterocycles. The fraction of sp³-hybridized carbons (Fsp3) is 0.389. The van der Waals surface area contributed by atoms with Gasteiger partial charge in [0.05, 0.1) is 25.6 Å². The average Bonchev–Trinajstić information content (AvgIpc) is 3.18. The topological polar surface area (TPSA) is 73.7 Å². The van der Waals surface area contributed by atoms with Gasteiger partial charge in [0.25, 0.3) is 5.91 Å². The summed E-state index contributed by atoms with van der Waals surface area (Å²) in [6, 6.07) is 7.27. The highest BCUT2D eigenvalue weighted by atomic mass is 16.5. The fourth-order valence-corrected chi connectivity index (χ4v) is 3.62. The van der Waals surface area contributed by atoms with Crippen molar-refractivity contribution >= 4 is 11.7 Å². The van der Waals surface area contributed by atoms with Crippen LogP contribution >= 0.6 is 0 Å². The first-order chi connectivity index (χ1) is 12.0. The predicted molar refractivity (Wildman–Crippen MR) is 89.0 cm³/mol. The SMILES string of the molecule is COc1nn(C)cc1C(=O)N1CCC2(CC(=O)c3ccccc3O2)C1. The summed E-state index contributed by atoms with van der Waals surface area (Å²) in [6.45, 7) is 0.913. The minimum absolute atomic E-state index is 0.0649. The smallest absolute Gasteiger partial charge is 0.261 e. The van der Waals surface area contributed by atoms with Gasteiger partial charge in [-0.15, -0.1) is 5.10 Å². The van der Waals surface area contributed by atoms with E-state index in [0.29, 0.717) is 42.3 Å². The molecule has 1 saturated heterocycles. The van der Waals surface area contributed by atoms with E-state index in [1.165, 1.54) is 7.11 Å². The predicted octanol–water partition coefficient (Wildman–Crippen LogP) is 1.68. The molecule has 2 aromatic rings. The quantitative estimate of drug-likeness (QED) is 0.831. The largest absolute Gasteiger partial charge is 0.484 e. The van der Waals surface area contributed by atoms with E-state index in [9.17, 15) is 9.59 Å². The van der Waals surface area contributed by atoms with Crippen LogP contribution in [-0.2, 0) is 7.05 Å². The molecule has 3 heterocycles. The maximum Gasteiger partial charge on any atom is 0.261 e. The molecule has 130 valence electrons. The molecule has 0 bridgehead atoms. The molecule has 1 aromatic carbocycles. The van der Waals surface area contributed by atoms with Crippen molar-refractivity contribution in [3.63, 3.8) is 0 Å². The molecule has 2 aliphatic heterocycles. The van der Waals surface area contributed by atoms with Gasteiger partial charge < -0.3 is 14.4 Å². The van der Waals surface area contributed by atoms with Gasteiger partial charge in [0.1, 0.15) is 16.9 Å². The van der Waals surface area contributed by atoms with E-state index >= 15 is 0 Å². The molecule has 1 amide bonds. The van der Waals surface area contributed by atoms with Gasteiger partial charge in [-0.25, -0.2) is 0 Å². The lowest BCUT2D eigenvalue weighted by Gasteiger charge is -2.34. The number of ketones is 1. The van der Waals surface area contributed by atoms with E-state index in [2.05, 4.69) is 5.10 Å². The number of Topliss-reactive ketones (excluding diaryl/α,β-unsaturated/α-hetero) is 1. The summed E-state index contributed by atoms with van der Waals surface area (Å²) in [5, 5.41) is 4.13. The number of hydrogen-bond acceptors (Lipinski definition) is 5. The van der Waals surface area contributed by atoms with Crippen LogP contribution in [0.25, 0.3) is 0 Å². The van der Waals surface area contributed by atoms with E-state index in [4.69, 9.17) is 9.47 Å². The van der Waals surface area contributed by atoms with E-state index < -0.39 is 5.60 Å². The average molecular weight is 341 g/mol. The highest BCUT2D eigenvalue weighted by Gasteiger charge is 2.47. The molecule has 4 rings (SSSR count). The van der Waals surface area contributed by atoms with Crippen LogP contribution in [0, 0.1) is 0 Å². The summed E-state index contributed by atoms with van der Waals surface area (Å²) in [7, 11) is 3.23. The maximum absolute atomic E-state index is 12.8. The summed E-state index contributed by atoms with van der Waals surface area (Å²) in [5.41, 5.74) is 0.396. The van der Waals surface area contributed by atoms with Crippen LogP contribution in [0.5, 0.6) is 11.6 Å². The molecular weight excluding hydrogens is 322 g/mol. The number of carbonyl (C=O) groups excluding carboxylic acids is 2. The van der Waals surface area contributed by atoms with Crippen LogP contribution in [-0.4, -0.2) is 52.2 Å². The Bertz CT molecular complexity index is 860. The van der Waals surface area contributed by atoms with Gasteiger partial charge >= 0.3 is 0 Å². The van der Waals surface area contributed by atoms with Gasteiger partial charge in [0.2, 0.25) is 5.88 Å². The fourth-order valence-electron chi connectivity index (χ4n) is 3.62. The third-order valence-electron chi connectivity index (χ3n) is 4.82. The van der Waals surface area contributed by atoms with Crippen LogP contribution in [0.1, 0.15) is 33.6 Å². The van der Waals surface area contributed by atoms with Gasteiger partial charge in [0.15, 0.2) is 5.78 Å². The first kappa shape index (κ1) is 15.7. The molecule has 7 nitrogen and oxygen atoms in total. The Balaban J connectivity index is 1.57. The molecule has 0 N–H and O–H groups in total. The molecule has 0 radical (unpaired) electrons. The number of rotatable bonds is 2. The zero-order valence-electron chi connectivity index (χ0n) is 14.2. The lowest BCUT2D eigenvalue weighted by molar-refractivity contribution is 0.0427. The number of nitrogens with zero attached hydrogens (tertiary/aromatic N) is 3. The number of aromatic nitrogens is 2. The van der Waals surface area contributed by atoms with Crippen molar-refractivity contribution in [2.24, 2.45) is 7.05 Å². The van der Waals surface area contributed by atoms with Crippen LogP contribution < -0.4 is 9.47 Å². The highest BCUT2D eigenvalue weighted by Crippen LogP contribution is 2.39. The van der Waals surface area contributed by atoms with Crippen molar-refractivity contribution < 1.29 is 19.1 Å². The second-order valence-corrected chi connectivity index (χ2v) is 6.58. The van der Waals surface area contributed by atoms with Crippen molar-refractivity contribution in [2.45, 2.75) is 18.4 Å². The Kier molecular flexibility index (Phi) is 3.52. The Hall–Kier alpha value is -2.83. The lowest BCUT2D eigenvalue weighted by Crippen LogP contribution is -2.45. The van der Waals surface area contributed by atoms with Crippen molar-refractivity contribution in [3.8, 4) is 11.6 Å². The van der Waals surface area contributed by atoms with Gasteiger partial charge in [0, 0.05) is 26.2 Å². The van der Waals surface area contributed by atoms with Crippen molar-refractivity contribution in [1.82, 2.24) is 14.7 Å². The Morgan fingerprint density at radius 3 is 2.96 bits per heavy atom. The molecule has 25 heavy (non-hydrogen) atoms. The molecule has 2 aliphatic rings. The molecule has 1 fully saturated rings. The number of hydrogen-bond donors (Lipinski definition) is 0. The number of carbonyl (C=O) groups is 2. The Morgan fingerprint density at radius 1 is 1.36 bits per heavy atom. The second kappa shape index (κ2) is 5.61. The maximum atomic E-state index is 12.8. The number of para-hydroxylation sites is 1. The number of methoxy groups -OCH3 is 1. The monoisotopic (exact) mass is 341 g/mol. The van der Waals surface area contributed by atoms with Crippen molar-refractivity contribution in [1.29, 1.82) is 0 Å². The highest BCUT2D eigenvalue weighted by molar-refractivity contribution is 6.01. The number of likely N-dealkylation sites (tertiary alicyclic amines) is 1. The molecule has 0 aliphatic carbocycles. The van der Waals surface area contributed by atoms with Crippen LogP contribution in [0.4, 0.5) is 0 Å². The first-order valence-electron chi connectivity index (χ1n) is 8.19. The Labute approximate surface area is 145 Å². The molecular formula is C18H19N3O4. The van der Waals surface area contributed by atoms with Crippen LogP contribution in [0.3, 0.4) is 0 Å². The standard InChI is InChI=1S/C18H19N3O4/c1-20-10-13(16(19-20)24-2)17(23)21-8-7-18(11-21)9-14(22)12-5-3-4-6-15(12)25-18/h3-6,10H,7-9,11H2,1-2H3. The summed E-state index contributed by atoms with van der Waals surface area (Å²) < 4.78 is 12.9. The molecule has 1 atom stereocenters. The third kappa shape index (κ3) is 2.56. The van der Waals surface area contributed by atoms with E-state index in [1.807, 2.05) is 18.2 Å². The summed E-state index contributed by atoms with van der Waals surface area (Å²) >= 11 is 0. The number of ether oxygens (including phenoxy) is 2. The van der Waals surface area contributed by atoms with Crippen LogP contribution in [0.2, 0.25) is 0 Å². The molecule has 0 saturated carbocycles. The molecule has 7 heteroatoms. The number of fused-ring (bicyclic) bond motifs is 1. The summed E-state index contributed by atoms with van der Waals surface area (Å²) in [6.07, 6.45) is 2.56. The molecule has 1 unspecified atom stereocenters. The Morgan fingerprint density at radius 2 is 2.16 bits per heavy atom. The lowest BCUT2D eigenvalue weighted by atomic mass is 9.89. The van der Waals surface area contributed by atoms with E-state index in [0.717, 1.165) is 0 Å². The number of amides is 1. The zero-order valence-corrected chi connectivity index (χ0v) is 14.2. The minimum atomic E-state index is -0.642.